The molecule has 26 heavy (non-hydrogen) atoms. The van der Waals surface area contributed by atoms with Gasteiger partial charge in [-0.05, 0) is 36.8 Å². The summed E-state index contributed by atoms with van der Waals surface area (Å²) < 4.78 is 3.21. The van der Waals surface area contributed by atoms with Crippen LogP contribution in [0.4, 0.5) is 10.6 Å². The van der Waals surface area contributed by atoms with Crippen molar-refractivity contribution in [1.82, 2.24) is 19.6 Å². The lowest BCUT2D eigenvalue weighted by Crippen LogP contribution is -2.52. The standard InChI is InChI=1S/C19H22BrN5O/c1-2-7-21-19(26)24-11-9-23(10-12-24)18-17-4-3-8-25(17)16-6-5-14(20)13-15(16)22-18/h3-6,8,13H,2,7,9-12H2,1H3,(H,21,26). The van der Waals surface area contributed by atoms with E-state index in [1.165, 1.54) is 0 Å². The van der Waals surface area contributed by atoms with Gasteiger partial charge in [0, 0.05) is 43.4 Å². The van der Waals surface area contributed by atoms with E-state index in [9.17, 15) is 4.79 Å². The maximum atomic E-state index is 12.2. The third kappa shape index (κ3) is 3.11. The number of hydrogen-bond donors (Lipinski definition) is 1. The molecule has 3 heterocycles. The van der Waals surface area contributed by atoms with Crippen molar-refractivity contribution in [2.45, 2.75) is 13.3 Å². The second kappa shape index (κ2) is 7.15. The zero-order valence-corrected chi connectivity index (χ0v) is 16.4. The number of hydrogen-bond acceptors (Lipinski definition) is 3. The Hall–Kier alpha value is -2.28. The van der Waals surface area contributed by atoms with Crippen molar-refractivity contribution < 1.29 is 4.79 Å². The molecule has 0 spiro atoms. The molecule has 3 aromatic rings. The topological polar surface area (TPSA) is 52.9 Å². The molecule has 7 heteroatoms. The summed E-state index contributed by atoms with van der Waals surface area (Å²) >= 11 is 3.54. The summed E-state index contributed by atoms with van der Waals surface area (Å²) in [6.07, 6.45) is 3.03. The summed E-state index contributed by atoms with van der Waals surface area (Å²) in [7, 11) is 0. The molecule has 1 aliphatic rings. The summed E-state index contributed by atoms with van der Waals surface area (Å²) in [5.74, 6) is 0.981. The molecular weight excluding hydrogens is 394 g/mol. The van der Waals surface area contributed by atoms with Gasteiger partial charge in [-0.25, -0.2) is 9.78 Å². The Bertz CT molecular complexity index is 946. The van der Waals surface area contributed by atoms with Gasteiger partial charge >= 0.3 is 6.03 Å². The zero-order chi connectivity index (χ0) is 18.1. The van der Waals surface area contributed by atoms with Crippen LogP contribution in [0.2, 0.25) is 0 Å². The van der Waals surface area contributed by atoms with Crippen molar-refractivity contribution in [3.63, 3.8) is 0 Å². The molecule has 4 rings (SSSR count). The summed E-state index contributed by atoms with van der Waals surface area (Å²) in [6, 6.07) is 10.4. The Labute approximate surface area is 160 Å². The molecule has 0 radical (unpaired) electrons. The number of carbonyl (C=O) groups is 1. The first kappa shape index (κ1) is 17.1. The molecule has 1 aromatic carbocycles. The molecule has 0 saturated carbocycles. The van der Waals surface area contributed by atoms with Crippen molar-refractivity contribution in [3.05, 3.63) is 41.0 Å². The quantitative estimate of drug-likeness (QED) is 0.711. The van der Waals surface area contributed by atoms with Gasteiger partial charge in [-0.2, -0.15) is 0 Å². The number of carbonyl (C=O) groups excluding carboxylic acids is 1. The van der Waals surface area contributed by atoms with Gasteiger partial charge in [-0.3, -0.25) is 0 Å². The number of benzene rings is 1. The maximum absolute atomic E-state index is 12.2. The second-order valence-corrected chi connectivity index (χ2v) is 7.45. The fraction of sp³-hybridized carbons (Fsp3) is 0.368. The number of rotatable bonds is 3. The fourth-order valence-corrected chi connectivity index (χ4v) is 3.78. The van der Waals surface area contributed by atoms with Gasteiger partial charge in [-0.1, -0.05) is 22.9 Å². The summed E-state index contributed by atoms with van der Waals surface area (Å²) in [4.78, 5) is 21.3. The average Bonchev–Trinajstić information content (AvgIpc) is 3.15. The highest BCUT2D eigenvalue weighted by Gasteiger charge is 2.23. The molecule has 1 saturated heterocycles. The molecule has 0 bridgehead atoms. The molecule has 0 aliphatic carbocycles. The van der Waals surface area contributed by atoms with Crippen LogP contribution in [-0.4, -0.2) is 53.0 Å². The van der Waals surface area contributed by atoms with Crippen LogP contribution in [0.3, 0.4) is 0 Å². The molecule has 0 unspecified atom stereocenters. The van der Waals surface area contributed by atoms with Crippen molar-refractivity contribution >= 4 is 44.3 Å². The van der Waals surface area contributed by atoms with E-state index >= 15 is 0 Å². The Morgan fingerprint density at radius 2 is 2.00 bits per heavy atom. The van der Waals surface area contributed by atoms with Gasteiger partial charge in [0.1, 0.15) is 0 Å². The largest absolute Gasteiger partial charge is 0.351 e. The lowest BCUT2D eigenvalue weighted by atomic mass is 10.2. The molecule has 1 N–H and O–H groups in total. The van der Waals surface area contributed by atoms with Crippen LogP contribution in [0.15, 0.2) is 41.0 Å². The van der Waals surface area contributed by atoms with Crippen molar-refractivity contribution in [3.8, 4) is 0 Å². The molecule has 1 fully saturated rings. The van der Waals surface area contributed by atoms with E-state index in [0.717, 1.165) is 52.9 Å². The minimum atomic E-state index is 0.0368. The van der Waals surface area contributed by atoms with E-state index < -0.39 is 0 Å². The van der Waals surface area contributed by atoms with Gasteiger partial charge in [0.05, 0.1) is 16.6 Å². The normalized spacial score (nSPS) is 15.0. The number of aromatic nitrogens is 2. The van der Waals surface area contributed by atoms with Crippen LogP contribution in [0, 0.1) is 0 Å². The molecule has 1 aliphatic heterocycles. The zero-order valence-electron chi connectivity index (χ0n) is 14.8. The predicted octanol–water partition coefficient (Wildman–Crippen LogP) is 3.49. The van der Waals surface area contributed by atoms with Crippen molar-refractivity contribution in [2.75, 3.05) is 37.6 Å². The third-order valence-corrected chi connectivity index (χ3v) is 5.29. The lowest BCUT2D eigenvalue weighted by molar-refractivity contribution is 0.194. The van der Waals surface area contributed by atoms with Crippen LogP contribution in [0.1, 0.15) is 13.3 Å². The number of piperazine rings is 1. The summed E-state index contributed by atoms with van der Waals surface area (Å²) in [6.45, 7) is 5.77. The Balaban J connectivity index is 1.61. The van der Waals surface area contributed by atoms with Crippen molar-refractivity contribution in [2.24, 2.45) is 0 Å². The Morgan fingerprint density at radius 1 is 1.19 bits per heavy atom. The molecule has 2 amide bonds. The molecule has 0 atom stereocenters. The second-order valence-electron chi connectivity index (χ2n) is 6.54. The van der Waals surface area contributed by atoms with E-state index in [2.05, 4.69) is 61.9 Å². The highest BCUT2D eigenvalue weighted by atomic mass is 79.9. The Kier molecular flexibility index (Phi) is 4.72. The van der Waals surface area contributed by atoms with Crippen LogP contribution in [0.5, 0.6) is 0 Å². The number of urea groups is 1. The van der Waals surface area contributed by atoms with Crippen molar-refractivity contribution in [1.29, 1.82) is 0 Å². The molecule has 2 aromatic heterocycles. The first-order chi connectivity index (χ1) is 12.7. The van der Waals surface area contributed by atoms with Crippen LogP contribution in [0.25, 0.3) is 16.6 Å². The highest BCUT2D eigenvalue weighted by Crippen LogP contribution is 2.27. The minimum absolute atomic E-state index is 0.0368. The van der Waals surface area contributed by atoms with E-state index in [4.69, 9.17) is 4.98 Å². The van der Waals surface area contributed by atoms with E-state index in [-0.39, 0.29) is 6.03 Å². The number of fused-ring (bicyclic) bond motifs is 3. The number of nitrogens with one attached hydrogen (secondary N) is 1. The SMILES string of the molecule is CCCNC(=O)N1CCN(c2nc3cc(Br)ccc3n3cccc23)CC1. The van der Waals surface area contributed by atoms with E-state index in [1.807, 2.05) is 17.0 Å². The fourth-order valence-electron chi connectivity index (χ4n) is 3.43. The van der Waals surface area contributed by atoms with Gasteiger partial charge in [0.15, 0.2) is 5.82 Å². The average molecular weight is 416 g/mol. The van der Waals surface area contributed by atoms with Crippen LogP contribution in [-0.2, 0) is 0 Å². The monoisotopic (exact) mass is 415 g/mol. The maximum Gasteiger partial charge on any atom is 0.317 e. The summed E-state index contributed by atoms with van der Waals surface area (Å²) in [5, 5.41) is 2.96. The van der Waals surface area contributed by atoms with Gasteiger partial charge in [-0.15, -0.1) is 0 Å². The highest BCUT2D eigenvalue weighted by molar-refractivity contribution is 9.10. The molecule has 136 valence electrons. The smallest absolute Gasteiger partial charge is 0.317 e. The van der Waals surface area contributed by atoms with Crippen LogP contribution >= 0.6 is 15.9 Å². The number of anilines is 1. The molecule has 6 nitrogen and oxygen atoms in total. The first-order valence-corrected chi connectivity index (χ1v) is 9.80. The Morgan fingerprint density at radius 3 is 2.77 bits per heavy atom. The summed E-state index contributed by atoms with van der Waals surface area (Å²) in [5.41, 5.74) is 3.15. The van der Waals surface area contributed by atoms with Crippen LogP contribution < -0.4 is 10.2 Å². The number of halogens is 1. The first-order valence-electron chi connectivity index (χ1n) is 9.01. The lowest BCUT2D eigenvalue weighted by Gasteiger charge is -2.35. The van der Waals surface area contributed by atoms with Gasteiger partial charge in [0.2, 0.25) is 0 Å². The van der Waals surface area contributed by atoms with Gasteiger partial charge in [0.25, 0.3) is 0 Å². The minimum Gasteiger partial charge on any atom is -0.351 e. The van der Waals surface area contributed by atoms with E-state index in [1.54, 1.807) is 0 Å². The number of nitrogens with zero attached hydrogens (tertiary/aromatic N) is 4. The number of amides is 2. The molecular formula is C19H22BrN5O. The third-order valence-electron chi connectivity index (χ3n) is 4.79. The van der Waals surface area contributed by atoms with E-state index in [0.29, 0.717) is 13.1 Å². The van der Waals surface area contributed by atoms with Gasteiger partial charge < -0.3 is 19.5 Å². The predicted molar refractivity (Wildman–Crippen MR) is 108 cm³/mol.